The summed E-state index contributed by atoms with van der Waals surface area (Å²) in [5.41, 5.74) is 3.39. The largest absolute Gasteiger partial charge is 0.489 e. The van der Waals surface area contributed by atoms with E-state index in [4.69, 9.17) is 4.74 Å². The molecule has 44 heavy (non-hydrogen) atoms. The van der Waals surface area contributed by atoms with Gasteiger partial charge in [-0.25, -0.2) is 13.2 Å². The second-order valence-electron chi connectivity index (χ2n) is 11.8. The molecule has 1 aliphatic carbocycles. The van der Waals surface area contributed by atoms with Gasteiger partial charge in [-0.05, 0) is 85.7 Å². The Morgan fingerprint density at radius 2 is 1.91 bits per heavy atom. The summed E-state index contributed by atoms with van der Waals surface area (Å²) in [4.78, 5) is 19.7. The van der Waals surface area contributed by atoms with Crippen molar-refractivity contribution in [2.24, 2.45) is 5.92 Å². The first-order chi connectivity index (χ1) is 21.3. The Kier molecular flexibility index (Phi) is 9.15. The maximum atomic E-state index is 13.2. The fraction of sp³-hybridized carbons (Fsp3) is 0.394. The predicted octanol–water partition coefficient (Wildman–Crippen LogP) is 4.50. The number of pyridine rings is 1. The van der Waals surface area contributed by atoms with Gasteiger partial charge in [0.15, 0.2) is 0 Å². The van der Waals surface area contributed by atoms with E-state index in [1.807, 2.05) is 12.3 Å². The highest BCUT2D eigenvalue weighted by Crippen LogP contribution is 2.31. The van der Waals surface area contributed by atoms with Crippen LogP contribution in [0.2, 0.25) is 0 Å². The Bertz CT molecular complexity index is 1710. The number of anilines is 1. The highest BCUT2D eigenvalue weighted by molar-refractivity contribution is 7.92. The van der Waals surface area contributed by atoms with Crippen LogP contribution in [0.4, 0.5) is 5.69 Å². The van der Waals surface area contributed by atoms with Crippen molar-refractivity contribution in [3.63, 3.8) is 0 Å². The molecule has 2 aromatic carbocycles. The number of rotatable bonds is 12. The number of aromatic amines is 1. The lowest BCUT2D eigenvalue weighted by Gasteiger charge is -2.27. The Labute approximate surface area is 257 Å². The van der Waals surface area contributed by atoms with Crippen molar-refractivity contribution in [3.05, 3.63) is 100 Å². The molecule has 10 nitrogen and oxygen atoms in total. The Balaban J connectivity index is 1.03. The van der Waals surface area contributed by atoms with E-state index in [-0.39, 0.29) is 16.7 Å². The number of ether oxygens (including phenoxy) is 1. The normalized spacial score (nSPS) is 17.6. The molecule has 2 atom stereocenters. The fourth-order valence-electron chi connectivity index (χ4n) is 6.13. The van der Waals surface area contributed by atoms with E-state index in [2.05, 4.69) is 20.0 Å². The number of aliphatic hydroxyl groups excluding tert-OH is 1. The summed E-state index contributed by atoms with van der Waals surface area (Å²) in [7, 11) is -3.83. The van der Waals surface area contributed by atoms with Crippen molar-refractivity contribution in [2.45, 2.75) is 68.5 Å². The first-order valence-corrected chi connectivity index (χ1v) is 16.8. The first-order valence-electron chi connectivity index (χ1n) is 15.4. The third-order valence-electron chi connectivity index (χ3n) is 8.62. The van der Waals surface area contributed by atoms with Crippen molar-refractivity contribution in [1.29, 1.82) is 0 Å². The maximum absolute atomic E-state index is 13.2. The zero-order valence-corrected chi connectivity index (χ0v) is 25.4. The number of nitrogens with one attached hydrogen (secondary N) is 3. The predicted molar refractivity (Wildman–Crippen MR) is 169 cm³/mol. The number of aliphatic hydroxyl groups is 1. The number of nitrogens with zero attached hydrogens (tertiary/aromatic N) is 2. The number of hydrogen-bond acceptors (Lipinski definition) is 7. The van der Waals surface area contributed by atoms with Crippen LogP contribution in [0, 0.1) is 5.92 Å². The van der Waals surface area contributed by atoms with Gasteiger partial charge in [-0.15, -0.1) is 0 Å². The minimum Gasteiger partial charge on any atom is -0.489 e. The average molecular weight is 618 g/mol. The number of benzene rings is 2. The summed E-state index contributed by atoms with van der Waals surface area (Å²) in [5.74, 6) is 1.42. The number of hydrogen-bond donors (Lipinski definition) is 4. The van der Waals surface area contributed by atoms with Gasteiger partial charge in [-0.2, -0.15) is 0 Å². The summed E-state index contributed by atoms with van der Waals surface area (Å²) in [6, 6.07) is 15.3. The van der Waals surface area contributed by atoms with E-state index in [0.717, 1.165) is 42.0 Å². The van der Waals surface area contributed by atoms with Crippen LogP contribution in [0.1, 0.15) is 61.4 Å². The summed E-state index contributed by atoms with van der Waals surface area (Å²) in [6.07, 6.45) is 12.9. The zero-order chi connectivity index (χ0) is 30.5. The molecule has 11 heteroatoms. The highest BCUT2D eigenvalue weighted by Gasteiger charge is 2.23. The maximum Gasteiger partial charge on any atom is 0.330 e. The molecule has 4 N–H and O–H groups in total. The molecule has 2 aromatic heterocycles. The second-order valence-corrected chi connectivity index (χ2v) is 13.5. The molecule has 0 saturated heterocycles. The number of aromatic nitrogens is 3. The number of aryl methyl sites for hydroxylation is 2. The van der Waals surface area contributed by atoms with Gasteiger partial charge in [-0.1, -0.05) is 31.7 Å². The van der Waals surface area contributed by atoms with Gasteiger partial charge in [-0.3, -0.25) is 14.3 Å². The van der Waals surface area contributed by atoms with E-state index >= 15 is 0 Å². The molecule has 232 valence electrons. The van der Waals surface area contributed by atoms with Crippen LogP contribution < -0.4 is 20.5 Å². The summed E-state index contributed by atoms with van der Waals surface area (Å²) in [6.45, 7) is 0.941. The molecule has 0 spiro atoms. The molecule has 0 radical (unpaired) electrons. The third-order valence-corrected chi connectivity index (χ3v) is 9.99. The summed E-state index contributed by atoms with van der Waals surface area (Å²) in [5, 5.41) is 13.6. The molecule has 2 unspecified atom stereocenters. The molecule has 3 heterocycles. The van der Waals surface area contributed by atoms with Crippen LogP contribution in [0.15, 0.2) is 82.9 Å². The first kappa shape index (κ1) is 30.1. The molecule has 4 aromatic rings. The summed E-state index contributed by atoms with van der Waals surface area (Å²) < 4.78 is 36.8. The molecular formula is C33H39N5O5S. The zero-order valence-electron chi connectivity index (χ0n) is 24.6. The van der Waals surface area contributed by atoms with Crippen LogP contribution in [-0.2, 0) is 22.9 Å². The van der Waals surface area contributed by atoms with Crippen LogP contribution in [0.25, 0.3) is 5.69 Å². The molecule has 0 bridgehead atoms. The topological polar surface area (TPSA) is 138 Å². The lowest BCUT2D eigenvalue weighted by molar-refractivity contribution is 0.146. The van der Waals surface area contributed by atoms with Gasteiger partial charge in [0, 0.05) is 48.6 Å². The van der Waals surface area contributed by atoms with E-state index in [9.17, 15) is 18.3 Å². The number of imidazole rings is 1. The molecule has 0 amide bonds. The molecule has 2 aliphatic rings. The molecule has 1 saturated carbocycles. The van der Waals surface area contributed by atoms with Gasteiger partial charge < -0.3 is 20.1 Å². The minimum absolute atomic E-state index is 0.0846. The van der Waals surface area contributed by atoms with Crippen molar-refractivity contribution in [2.75, 3.05) is 17.8 Å². The fourth-order valence-corrected chi connectivity index (χ4v) is 7.24. The number of sulfonamides is 1. The highest BCUT2D eigenvalue weighted by atomic mass is 32.2. The van der Waals surface area contributed by atoms with Crippen molar-refractivity contribution in [1.82, 2.24) is 19.9 Å². The number of fused-ring (bicyclic) bond motifs is 1. The monoisotopic (exact) mass is 617 g/mol. The van der Waals surface area contributed by atoms with Gasteiger partial charge in [0.25, 0.3) is 10.0 Å². The average Bonchev–Trinajstić information content (AvgIpc) is 3.70. The van der Waals surface area contributed by atoms with E-state index in [0.29, 0.717) is 36.6 Å². The Morgan fingerprint density at radius 1 is 1.09 bits per heavy atom. The molecule has 1 fully saturated rings. The quantitative estimate of drug-likeness (QED) is 0.184. The van der Waals surface area contributed by atoms with Crippen molar-refractivity contribution >= 4 is 15.7 Å². The third kappa shape index (κ3) is 7.23. The van der Waals surface area contributed by atoms with Gasteiger partial charge >= 0.3 is 5.69 Å². The van der Waals surface area contributed by atoms with Crippen LogP contribution in [0.3, 0.4) is 0 Å². The van der Waals surface area contributed by atoms with Crippen LogP contribution in [-0.4, -0.2) is 47.3 Å². The van der Waals surface area contributed by atoms with E-state index in [1.54, 1.807) is 65.5 Å². The Hall–Kier alpha value is -3.93. The summed E-state index contributed by atoms with van der Waals surface area (Å²) >= 11 is 0. The van der Waals surface area contributed by atoms with E-state index in [1.165, 1.54) is 25.7 Å². The smallest absolute Gasteiger partial charge is 0.330 e. The standard InChI is InChI=1S/C33H39N5O5S/c39-31(25-6-3-17-34-19-25)21-35-20-29-14-8-24-18-30(15-16-32(24)43-29)44(41,42)37-26-10-12-28(13-11-26)38-22-27(36-33(38)40)9-7-23-4-1-2-5-23/h3,6,10-13,15-19,22-23,29,31,35,37,39H,1-2,4-5,7-9,14,20-21H2,(H,36,40). The Morgan fingerprint density at radius 3 is 2.68 bits per heavy atom. The molecule has 6 rings (SSSR count). The van der Waals surface area contributed by atoms with Crippen LogP contribution >= 0.6 is 0 Å². The SMILES string of the molecule is O=c1[nH]c(CCC2CCCC2)cn1-c1ccc(NS(=O)(=O)c2ccc3c(c2)CCC(CNCC(O)c2cccnc2)O3)cc1. The van der Waals surface area contributed by atoms with Gasteiger partial charge in [0.2, 0.25) is 0 Å². The minimum atomic E-state index is -3.83. The lowest BCUT2D eigenvalue weighted by atomic mass is 10.0. The van der Waals surface area contributed by atoms with Gasteiger partial charge in [0.05, 0.1) is 16.7 Å². The lowest BCUT2D eigenvalue weighted by Crippen LogP contribution is -2.36. The van der Waals surface area contributed by atoms with Crippen molar-refractivity contribution < 1.29 is 18.3 Å². The van der Waals surface area contributed by atoms with Crippen molar-refractivity contribution in [3.8, 4) is 11.4 Å². The molecular weight excluding hydrogens is 578 g/mol. The van der Waals surface area contributed by atoms with E-state index < -0.39 is 16.1 Å². The second kappa shape index (κ2) is 13.4. The van der Waals surface area contributed by atoms with Gasteiger partial charge in [0.1, 0.15) is 11.9 Å². The molecule has 1 aliphatic heterocycles. The number of H-pyrrole nitrogens is 1. The van der Waals surface area contributed by atoms with Crippen LogP contribution in [0.5, 0.6) is 5.75 Å².